The zero-order valence-electron chi connectivity index (χ0n) is 16.2. The van der Waals surface area contributed by atoms with E-state index in [4.69, 9.17) is 11.6 Å². The highest BCUT2D eigenvalue weighted by Gasteiger charge is 2.42. The number of fused-ring (bicyclic) bond motifs is 1. The average Bonchev–Trinajstić information content (AvgIpc) is 3.36. The van der Waals surface area contributed by atoms with Crippen molar-refractivity contribution in [2.24, 2.45) is 0 Å². The summed E-state index contributed by atoms with van der Waals surface area (Å²) in [7, 11) is 0. The Kier molecular flexibility index (Phi) is 6.51. The minimum absolute atomic E-state index is 0.135. The first-order valence-electron chi connectivity index (χ1n) is 9.66. The van der Waals surface area contributed by atoms with E-state index in [1.165, 1.54) is 11.8 Å². The standard InChI is InChI=1S/C20H22ClN7OS/c21-17-13-24-20(30-17,19(29)23-12-14-4-3-9-25-28-14)8-11-22-10-7-18-26-15-5-1-2-6-16(15)27-18/h1-6,9,13,22,24H,7-8,10-12H2,(H,23,29)(H,26,27). The Hall–Kier alpha value is -2.62. The Labute approximate surface area is 183 Å². The lowest BCUT2D eigenvalue weighted by molar-refractivity contribution is -0.124. The molecule has 1 unspecified atom stereocenters. The van der Waals surface area contributed by atoms with Gasteiger partial charge in [-0.15, -0.1) is 0 Å². The monoisotopic (exact) mass is 443 g/mol. The summed E-state index contributed by atoms with van der Waals surface area (Å²) in [5, 5.41) is 17.3. The van der Waals surface area contributed by atoms with Gasteiger partial charge in [0.2, 0.25) is 0 Å². The van der Waals surface area contributed by atoms with E-state index >= 15 is 0 Å². The molecule has 0 radical (unpaired) electrons. The molecular formula is C20H22ClN7OS. The summed E-state index contributed by atoms with van der Waals surface area (Å²) < 4.78 is 0.562. The summed E-state index contributed by atoms with van der Waals surface area (Å²) in [5.74, 6) is 0.808. The molecule has 0 saturated heterocycles. The fourth-order valence-electron chi connectivity index (χ4n) is 3.21. The molecule has 10 heteroatoms. The van der Waals surface area contributed by atoms with E-state index < -0.39 is 4.87 Å². The summed E-state index contributed by atoms with van der Waals surface area (Å²) in [6.07, 6.45) is 4.61. The maximum absolute atomic E-state index is 12.9. The van der Waals surface area contributed by atoms with Crippen molar-refractivity contribution < 1.29 is 4.79 Å². The van der Waals surface area contributed by atoms with E-state index in [-0.39, 0.29) is 5.91 Å². The van der Waals surface area contributed by atoms with Gasteiger partial charge in [0.15, 0.2) is 4.87 Å². The predicted molar refractivity (Wildman–Crippen MR) is 119 cm³/mol. The van der Waals surface area contributed by atoms with Crippen molar-refractivity contribution in [3.63, 3.8) is 0 Å². The highest BCUT2D eigenvalue weighted by Crippen LogP contribution is 2.39. The van der Waals surface area contributed by atoms with Crippen LogP contribution in [0.25, 0.3) is 11.0 Å². The highest BCUT2D eigenvalue weighted by atomic mass is 35.5. The van der Waals surface area contributed by atoms with Crippen LogP contribution in [0.2, 0.25) is 0 Å². The second-order valence-electron chi connectivity index (χ2n) is 6.87. The van der Waals surface area contributed by atoms with Crippen LogP contribution in [-0.4, -0.2) is 44.0 Å². The second-order valence-corrected chi connectivity index (χ2v) is 8.84. The molecule has 1 atom stereocenters. The average molecular weight is 444 g/mol. The smallest absolute Gasteiger partial charge is 0.256 e. The molecule has 0 bridgehead atoms. The van der Waals surface area contributed by atoms with Crippen molar-refractivity contribution in [3.05, 3.63) is 64.7 Å². The predicted octanol–water partition coefficient (Wildman–Crippen LogP) is 2.26. The number of rotatable bonds is 9. The van der Waals surface area contributed by atoms with E-state index in [9.17, 15) is 4.79 Å². The number of aromatic nitrogens is 4. The molecule has 2 aromatic heterocycles. The molecule has 4 rings (SSSR count). The van der Waals surface area contributed by atoms with Crippen molar-refractivity contribution >= 4 is 40.3 Å². The van der Waals surface area contributed by atoms with Crippen LogP contribution in [0.1, 0.15) is 17.9 Å². The normalized spacial score (nSPS) is 18.2. The number of carbonyl (C=O) groups is 1. The zero-order chi connectivity index (χ0) is 20.8. The number of nitrogens with zero attached hydrogens (tertiary/aromatic N) is 3. The van der Waals surface area contributed by atoms with Crippen LogP contribution in [0.5, 0.6) is 0 Å². The summed E-state index contributed by atoms with van der Waals surface area (Å²) in [6, 6.07) is 11.6. The molecule has 156 valence electrons. The number of H-pyrrole nitrogens is 1. The Morgan fingerprint density at radius 1 is 1.20 bits per heavy atom. The molecule has 30 heavy (non-hydrogen) atoms. The van der Waals surface area contributed by atoms with Crippen LogP contribution in [0, 0.1) is 0 Å². The molecule has 1 amide bonds. The molecule has 0 fully saturated rings. The first-order chi connectivity index (χ1) is 14.6. The van der Waals surface area contributed by atoms with Gasteiger partial charge in [-0.1, -0.05) is 35.5 Å². The lowest BCUT2D eigenvalue weighted by Gasteiger charge is -2.28. The SMILES string of the molecule is O=C(NCc1cccnn1)C1(CCNCCc2nc3ccccc3[nH]2)NC=C(Cl)S1. The maximum atomic E-state index is 12.9. The fourth-order valence-corrected chi connectivity index (χ4v) is 4.60. The molecule has 1 aromatic carbocycles. The number of aromatic amines is 1. The molecule has 0 aliphatic carbocycles. The molecule has 3 aromatic rings. The van der Waals surface area contributed by atoms with Crippen LogP contribution in [-0.2, 0) is 17.8 Å². The van der Waals surface area contributed by atoms with E-state index in [0.717, 1.165) is 29.8 Å². The first-order valence-corrected chi connectivity index (χ1v) is 10.9. The molecule has 8 nitrogen and oxygen atoms in total. The van der Waals surface area contributed by atoms with E-state index in [0.29, 0.717) is 29.6 Å². The van der Waals surface area contributed by atoms with Gasteiger partial charge in [-0.25, -0.2) is 4.98 Å². The van der Waals surface area contributed by atoms with Gasteiger partial charge in [0.1, 0.15) is 5.82 Å². The van der Waals surface area contributed by atoms with Crippen LogP contribution >= 0.6 is 23.4 Å². The van der Waals surface area contributed by atoms with Gasteiger partial charge in [-0.2, -0.15) is 10.2 Å². The van der Waals surface area contributed by atoms with Gasteiger partial charge in [0, 0.05) is 31.8 Å². The number of imidazole rings is 1. The van der Waals surface area contributed by atoms with Crippen LogP contribution in [0.3, 0.4) is 0 Å². The third kappa shape index (κ3) is 4.92. The summed E-state index contributed by atoms with van der Waals surface area (Å²) in [6.45, 7) is 1.72. The van der Waals surface area contributed by atoms with Gasteiger partial charge >= 0.3 is 0 Å². The Balaban J connectivity index is 1.27. The molecule has 0 spiro atoms. The van der Waals surface area contributed by atoms with Crippen LogP contribution < -0.4 is 16.0 Å². The summed E-state index contributed by atoms with van der Waals surface area (Å²) >= 11 is 7.47. The van der Waals surface area contributed by atoms with Crippen molar-refractivity contribution in [3.8, 4) is 0 Å². The Morgan fingerprint density at radius 3 is 2.87 bits per heavy atom. The molecular weight excluding hydrogens is 422 g/mol. The minimum Gasteiger partial charge on any atom is -0.367 e. The number of benzene rings is 1. The van der Waals surface area contributed by atoms with Crippen LogP contribution in [0.15, 0.2) is 53.2 Å². The number of halogens is 1. The number of amides is 1. The third-order valence-corrected chi connectivity index (χ3v) is 6.26. The van der Waals surface area contributed by atoms with E-state index in [1.807, 2.05) is 30.3 Å². The third-order valence-electron chi connectivity index (χ3n) is 4.75. The largest absolute Gasteiger partial charge is 0.367 e. The quantitative estimate of drug-likeness (QED) is 0.376. The zero-order valence-corrected chi connectivity index (χ0v) is 17.8. The molecule has 1 aliphatic heterocycles. The number of carbonyl (C=O) groups excluding carboxylic acids is 1. The van der Waals surface area contributed by atoms with Crippen molar-refractivity contribution in [1.82, 2.24) is 36.1 Å². The molecule has 0 saturated carbocycles. The first kappa shape index (κ1) is 20.6. The van der Waals surface area contributed by atoms with Crippen molar-refractivity contribution in [2.75, 3.05) is 13.1 Å². The summed E-state index contributed by atoms with van der Waals surface area (Å²) in [4.78, 5) is 20.0. The van der Waals surface area contributed by atoms with Crippen molar-refractivity contribution in [2.45, 2.75) is 24.3 Å². The number of para-hydroxylation sites is 2. The number of hydrogen-bond acceptors (Lipinski definition) is 7. The maximum Gasteiger partial charge on any atom is 0.256 e. The van der Waals surface area contributed by atoms with Gasteiger partial charge < -0.3 is 20.9 Å². The number of thioether (sulfide) groups is 1. The minimum atomic E-state index is -0.842. The molecule has 4 N–H and O–H groups in total. The lowest BCUT2D eigenvalue weighted by Crippen LogP contribution is -2.52. The van der Waals surface area contributed by atoms with Gasteiger partial charge in [-0.05, 0) is 30.8 Å². The number of nitrogens with one attached hydrogen (secondary N) is 4. The van der Waals surface area contributed by atoms with Crippen LogP contribution in [0.4, 0.5) is 0 Å². The van der Waals surface area contributed by atoms with Gasteiger partial charge in [-0.3, -0.25) is 4.79 Å². The molecule has 1 aliphatic rings. The number of hydrogen-bond donors (Lipinski definition) is 4. The fraction of sp³-hybridized carbons (Fsp3) is 0.300. The summed E-state index contributed by atoms with van der Waals surface area (Å²) in [5.41, 5.74) is 2.71. The van der Waals surface area contributed by atoms with Gasteiger partial charge in [0.05, 0.1) is 27.6 Å². The Morgan fingerprint density at radius 2 is 2.10 bits per heavy atom. The van der Waals surface area contributed by atoms with E-state index in [1.54, 1.807) is 18.5 Å². The van der Waals surface area contributed by atoms with E-state index in [2.05, 4.69) is 36.1 Å². The van der Waals surface area contributed by atoms with Crippen molar-refractivity contribution in [1.29, 1.82) is 0 Å². The molecule has 3 heterocycles. The highest BCUT2D eigenvalue weighted by molar-refractivity contribution is 8.06. The topological polar surface area (TPSA) is 108 Å². The second kappa shape index (κ2) is 9.46. The Bertz CT molecular complexity index is 1010. The lowest BCUT2D eigenvalue weighted by atomic mass is 10.1. The van der Waals surface area contributed by atoms with Gasteiger partial charge in [0.25, 0.3) is 5.91 Å².